The van der Waals surface area contributed by atoms with Crippen LogP contribution in [0.2, 0.25) is 0 Å². The number of hydrogen-bond donors (Lipinski definition) is 1. The molecule has 0 radical (unpaired) electrons. The highest BCUT2D eigenvalue weighted by molar-refractivity contribution is 7.10. The molecule has 0 unspecified atom stereocenters. The number of aliphatic hydroxyl groups is 1. The fourth-order valence-corrected chi connectivity index (χ4v) is 2.72. The van der Waals surface area contributed by atoms with E-state index in [1.807, 2.05) is 24.4 Å². The summed E-state index contributed by atoms with van der Waals surface area (Å²) in [6.45, 7) is 2.00. The Morgan fingerprint density at radius 3 is 2.95 bits per heavy atom. The molecule has 106 valence electrons. The fourth-order valence-electron chi connectivity index (χ4n) is 2.06. The standard InChI is InChI=1S/C16H14N2O2S/c1-11-4-12(9-21-11)6-18-14-2-3-15(13(5-14)8-19)16-7-17-10-20-16/h2-7,9-10,19H,8H2,1H3/b18-6+. The second kappa shape index (κ2) is 6.03. The summed E-state index contributed by atoms with van der Waals surface area (Å²) in [6, 6.07) is 7.72. The zero-order valence-corrected chi connectivity index (χ0v) is 12.3. The van der Waals surface area contributed by atoms with Crippen molar-refractivity contribution in [2.45, 2.75) is 13.5 Å². The molecule has 0 saturated heterocycles. The molecule has 21 heavy (non-hydrogen) atoms. The molecule has 3 rings (SSSR count). The van der Waals surface area contributed by atoms with E-state index in [0.29, 0.717) is 5.76 Å². The number of aliphatic imine (C=N–C) groups is 1. The molecular formula is C16H14N2O2S. The molecule has 2 aromatic heterocycles. The Balaban J connectivity index is 1.89. The minimum absolute atomic E-state index is 0.0725. The highest BCUT2D eigenvalue weighted by atomic mass is 32.1. The maximum absolute atomic E-state index is 9.52. The molecule has 3 aromatic rings. The number of aryl methyl sites for hydroxylation is 1. The smallest absolute Gasteiger partial charge is 0.181 e. The monoisotopic (exact) mass is 298 g/mol. The van der Waals surface area contributed by atoms with Crippen molar-refractivity contribution in [2.75, 3.05) is 0 Å². The molecular weight excluding hydrogens is 284 g/mol. The van der Waals surface area contributed by atoms with Crippen LogP contribution in [0.4, 0.5) is 5.69 Å². The van der Waals surface area contributed by atoms with Gasteiger partial charge < -0.3 is 9.52 Å². The highest BCUT2D eigenvalue weighted by Gasteiger charge is 2.08. The number of rotatable bonds is 4. The summed E-state index contributed by atoms with van der Waals surface area (Å²) < 4.78 is 5.27. The van der Waals surface area contributed by atoms with Crippen molar-refractivity contribution >= 4 is 23.2 Å². The maximum Gasteiger partial charge on any atom is 0.181 e. The number of aliphatic hydroxyl groups excluding tert-OH is 1. The van der Waals surface area contributed by atoms with Crippen LogP contribution in [0.5, 0.6) is 0 Å². The molecule has 0 aliphatic carbocycles. The Morgan fingerprint density at radius 2 is 2.29 bits per heavy atom. The molecule has 0 aliphatic rings. The van der Waals surface area contributed by atoms with E-state index in [0.717, 1.165) is 22.4 Å². The summed E-state index contributed by atoms with van der Waals surface area (Å²) in [4.78, 5) is 9.60. The van der Waals surface area contributed by atoms with Crippen molar-refractivity contribution in [3.63, 3.8) is 0 Å². The number of thiophene rings is 1. The van der Waals surface area contributed by atoms with Crippen LogP contribution in [0.3, 0.4) is 0 Å². The maximum atomic E-state index is 9.52. The van der Waals surface area contributed by atoms with Gasteiger partial charge in [0.05, 0.1) is 18.5 Å². The Kier molecular flexibility index (Phi) is 3.94. The average molecular weight is 298 g/mol. The summed E-state index contributed by atoms with van der Waals surface area (Å²) in [6.07, 6.45) is 4.83. The Labute approximate surface area is 126 Å². The third-order valence-corrected chi connectivity index (χ3v) is 3.95. The van der Waals surface area contributed by atoms with Crippen molar-refractivity contribution < 1.29 is 9.52 Å². The first-order chi connectivity index (χ1) is 10.3. The summed E-state index contributed by atoms with van der Waals surface area (Å²) in [5, 5.41) is 11.6. The first-order valence-electron chi connectivity index (χ1n) is 6.48. The third-order valence-electron chi connectivity index (χ3n) is 3.07. The molecule has 2 heterocycles. The van der Waals surface area contributed by atoms with Gasteiger partial charge in [-0.3, -0.25) is 4.99 Å². The fraction of sp³-hybridized carbons (Fsp3) is 0.125. The van der Waals surface area contributed by atoms with Gasteiger partial charge >= 0.3 is 0 Å². The van der Waals surface area contributed by atoms with E-state index < -0.39 is 0 Å². The van der Waals surface area contributed by atoms with Crippen LogP contribution in [0.25, 0.3) is 11.3 Å². The van der Waals surface area contributed by atoms with Crippen LogP contribution in [0.1, 0.15) is 16.0 Å². The van der Waals surface area contributed by atoms with E-state index in [2.05, 4.69) is 28.3 Å². The van der Waals surface area contributed by atoms with Crippen LogP contribution < -0.4 is 0 Å². The van der Waals surface area contributed by atoms with Gasteiger partial charge in [0, 0.05) is 22.2 Å². The average Bonchev–Trinajstić information content (AvgIpc) is 3.16. The molecule has 0 fully saturated rings. The third kappa shape index (κ3) is 3.09. The van der Waals surface area contributed by atoms with E-state index in [4.69, 9.17) is 4.42 Å². The minimum atomic E-state index is -0.0725. The molecule has 1 aromatic carbocycles. The lowest BCUT2D eigenvalue weighted by Crippen LogP contribution is -1.88. The zero-order valence-electron chi connectivity index (χ0n) is 11.5. The predicted molar refractivity (Wildman–Crippen MR) is 84.2 cm³/mol. The van der Waals surface area contributed by atoms with E-state index >= 15 is 0 Å². The van der Waals surface area contributed by atoms with Gasteiger partial charge in [0.25, 0.3) is 0 Å². The van der Waals surface area contributed by atoms with Crippen LogP contribution >= 0.6 is 11.3 Å². The Bertz CT molecular complexity index is 760. The van der Waals surface area contributed by atoms with Crippen LogP contribution in [-0.2, 0) is 6.61 Å². The van der Waals surface area contributed by atoms with Gasteiger partial charge in [-0.25, -0.2) is 4.98 Å². The van der Waals surface area contributed by atoms with Gasteiger partial charge in [0.15, 0.2) is 12.2 Å². The van der Waals surface area contributed by atoms with Crippen molar-refractivity contribution in [1.29, 1.82) is 0 Å². The van der Waals surface area contributed by atoms with Crippen molar-refractivity contribution in [2.24, 2.45) is 4.99 Å². The molecule has 1 N–H and O–H groups in total. The van der Waals surface area contributed by atoms with E-state index in [1.54, 1.807) is 17.5 Å². The van der Waals surface area contributed by atoms with Gasteiger partial charge in [-0.15, -0.1) is 11.3 Å². The van der Waals surface area contributed by atoms with Gasteiger partial charge in [-0.05, 0) is 42.1 Å². The quantitative estimate of drug-likeness (QED) is 0.742. The lowest BCUT2D eigenvalue weighted by molar-refractivity contribution is 0.282. The van der Waals surface area contributed by atoms with Crippen LogP contribution in [0.15, 0.2) is 51.6 Å². The van der Waals surface area contributed by atoms with Gasteiger partial charge in [-0.1, -0.05) is 0 Å². The SMILES string of the molecule is Cc1cc(/C=N/c2ccc(-c3cnco3)c(CO)c2)cs1. The number of benzene rings is 1. The minimum Gasteiger partial charge on any atom is -0.444 e. The van der Waals surface area contributed by atoms with Crippen molar-refractivity contribution in [1.82, 2.24) is 4.98 Å². The highest BCUT2D eigenvalue weighted by Crippen LogP contribution is 2.27. The number of nitrogens with zero attached hydrogens (tertiary/aromatic N) is 2. The number of oxazole rings is 1. The van der Waals surface area contributed by atoms with E-state index in [9.17, 15) is 5.11 Å². The summed E-state index contributed by atoms with van der Waals surface area (Å²) in [7, 11) is 0. The predicted octanol–water partition coefficient (Wildman–Crippen LogP) is 3.95. The largest absolute Gasteiger partial charge is 0.444 e. The molecule has 0 aliphatic heterocycles. The molecule has 0 atom stereocenters. The topological polar surface area (TPSA) is 58.6 Å². The molecule has 0 saturated carbocycles. The van der Waals surface area contributed by atoms with E-state index in [1.165, 1.54) is 11.3 Å². The van der Waals surface area contributed by atoms with Crippen LogP contribution in [-0.4, -0.2) is 16.3 Å². The lowest BCUT2D eigenvalue weighted by atomic mass is 10.1. The van der Waals surface area contributed by atoms with Crippen molar-refractivity contribution in [3.05, 3.63) is 58.2 Å². The number of hydrogen-bond acceptors (Lipinski definition) is 5. The van der Waals surface area contributed by atoms with Gasteiger partial charge in [-0.2, -0.15) is 0 Å². The normalized spacial score (nSPS) is 11.3. The zero-order chi connectivity index (χ0) is 14.7. The molecule has 0 amide bonds. The van der Waals surface area contributed by atoms with Gasteiger partial charge in [0.2, 0.25) is 0 Å². The molecule has 4 nitrogen and oxygen atoms in total. The molecule has 0 bridgehead atoms. The van der Waals surface area contributed by atoms with Crippen molar-refractivity contribution in [3.8, 4) is 11.3 Å². The first-order valence-corrected chi connectivity index (χ1v) is 7.36. The second-order valence-corrected chi connectivity index (χ2v) is 5.73. The Hall–Kier alpha value is -2.24. The second-order valence-electron chi connectivity index (χ2n) is 4.61. The Morgan fingerprint density at radius 1 is 1.38 bits per heavy atom. The summed E-state index contributed by atoms with van der Waals surface area (Å²) in [5.74, 6) is 0.642. The number of aromatic nitrogens is 1. The van der Waals surface area contributed by atoms with Gasteiger partial charge in [0.1, 0.15) is 0 Å². The lowest BCUT2D eigenvalue weighted by Gasteiger charge is -2.05. The summed E-state index contributed by atoms with van der Waals surface area (Å²) >= 11 is 1.70. The summed E-state index contributed by atoms with van der Waals surface area (Å²) in [5.41, 5.74) is 3.48. The molecule has 5 heteroatoms. The first kappa shape index (κ1) is 13.7. The van der Waals surface area contributed by atoms with E-state index in [-0.39, 0.29) is 6.61 Å². The van der Waals surface area contributed by atoms with Crippen LogP contribution in [0, 0.1) is 6.92 Å². The molecule has 0 spiro atoms.